The summed E-state index contributed by atoms with van der Waals surface area (Å²) in [6, 6.07) is 4.46. The smallest absolute Gasteiger partial charge is 0.123 e. The molecule has 2 N–H and O–H groups in total. The SMILES string of the molecule is OC[C@@H](c1cc(F)ccc1Br)N1CCNCC1. The Balaban J connectivity index is 2.24. The standard InChI is InChI=1S/C12H16BrFN2O/c13-11-2-1-9(14)7-10(11)12(8-17)16-5-3-15-4-6-16/h1-2,7,12,15,17H,3-6,8H2/t12-/m0/s1. The quantitative estimate of drug-likeness (QED) is 0.889. The zero-order valence-electron chi connectivity index (χ0n) is 9.50. The first kappa shape index (κ1) is 13.0. The lowest BCUT2D eigenvalue weighted by Gasteiger charge is -2.34. The molecule has 3 nitrogen and oxygen atoms in total. The zero-order valence-corrected chi connectivity index (χ0v) is 11.1. The number of nitrogens with zero attached hydrogens (tertiary/aromatic N) is 1. The van der Waals surface area contributed by atoms with Gasteiger partial charge < -0.3 is 10.4 Å². The second-order valence-electron chi connectivity index (χ2n) is 4.15. The van der Waals surface area contributed by atoms with Crippen LogP contribution >= 0.6 is 15.9 Å². The third-order valence-corrected chi connectivity index (χ3v) is 3.80. The average molecular weight is 303 g/mol. The van der Waals surface area contributed by atoms with Crippen LogP contribution in [-0.4, -0.2) is 42.8 Å². The van der Waals surface area contributed by atoms with E-state index in [1.165, 1.54) is 12.1 Å². The summed E-state index contributed by atoms with van der Waals surface area (Å²) in [7, 11) is 0. The van der Waals surface area contributed by atoms with Crippen LogP contribution in [0.4, 0.5) is 4.39 Å². The van der Waals surface area contributed by atoms with Crippen LogP contribution in [-0.2, 0) is 0 Å². The molecule has 0 radical (unpaired) electrons. The predicted molar refractivity (Wildman–Crippen MR) is 68.4 cm³/mol. The van der Waals surface area contributed by atoms with Crippen molar-refractivity contribution in [1.29, 1.82) is 0 Å². The number of hydrogen-bond acceptors (Lipinski definition) is 3. The molecule has 1 saturated heterocycles. The Labute approximate surface area is 109 Å². The third-order valence-electron chi connectivity index (χ3n) is 3.08. The Morgan fingerprint density at radius 1 is 1.41 bits per heavy atom. The van der Waals surface area contributed by atoms with Gasteiger partial charge in [-0.1, -0.05) is 15.9 Å². The second-order valence-corrected chi connectivity index (χ2v) is 5.00. The number of halogens is 2. The molecule has 0 aliphatic carbocycles. The van der Waals surface area contributed by atoms with E-state index in [0.717, 1.165) is 36.2 Å². The molecule has 1 aliphatic rings. The van der Waals surface area contributed by atoms with Gasteiger partial charge in [0.2, 0.25) is 0 Å². The minimum Gasteiger partial charge on any atom is -0.394 e. The van der Waals surface area contributed by atoms with Crippen molar-refractivity contribution >= 4 is 15.9 Å². The molecule has 1 aromatic carbocycles. The predicted octanol–water partition coefficient (Wildman–Crippen LogP) is 1.53. The Morgan fingerprint density at radius 2 is 2.12 bits per heavy atom. The molecule has 0 amide bonds. The molecular formula is C12H16BrFN2O. The summed E-state index contributed by atoms with van der Waals surface area (Å²) in [6.07, 6.45) is 0. The summed E-state index contributed by atoms with van der Waals surface area (Å²) in [4.78, 5) is 2.18. The first-order valence-electron chi connectivity index (χ1n) is 5.73. The Kier molecular flexibility index (Phi) is 4.50. The highest BCUT2D eigenvalue weighted by molar-refractivity contribution is 9.10. The Hall–Kier alpha value is -0.490. The fourth-order valence-corrected chi connectivity index (χ4v) is 2.69. The molecule has 1 aliphatic heterocycles. The number of aliphatic hydroxyl groups is 1. The van der Waals surface area contributed by atoms with Crippen LogP contribution in [0.2, 0.25) is 0 Å². The fourth-order valence-electron chi connectivity index (χ4n) is 2.17. The molecular weight excluding hydrogens is 287 g/mol. The van der Waals surface area contributed by atoms with Crippen LogP contribution in [0.5, 0.6) is 0 Å². The van der Waals surface area contributed by atoms with E-state index in [9.17, 15) is 9.50 Å². The van der Waals surface area contributed by atoms with E-state index in [0.29, 0.717) is 0 Å². The average Bonchev–Trinajstić information content (AvgIpc) is 2.36. The monoisotopic (exact) mass is 302 g/mol. The van der Waals surface area contributed by atoms with Gasteiger partial charge in [0.05, 0.1) is 12.6 Å². The lowest BCUT2D eigenvalue weighted by atomic mass is 10.1. The third kappa shape index (κ3) is 3.04. The highest BCUT2D eigenvalue weighted by Gasteiger charge is 2.23. The molecule has 0 bridgehead atoms. The van der Waals surface area contributed by atoms with Crippen molar-refractivity contribution in [3.8, 4) is 0 Å². The van der Waals surface area contributed by atoms with E-state index in [-0.39, 0.29) is 18.5 Å². The summed E-state index contributed by atoms with van der Waals surface area (Å²) < 4.78 is 14.1. The van der Waals surface area contributed by atoms with E-state index in [1.807, 2.05) is 0 Å². The number of hydrogen-bond donors (Lipinski definition) is 2. The van der Waals surface area contributed by atoms with E-state index >= 15 is 0 Å². The molecule has 5 heteroatoms. The van der Waals surface area contributed by atoms with Crippen LogP contribution in [0.3, 0.4) is 0 Å². The largest absolute Gasteiger partial charge is 0.394 e. The molecule has 0 unspecified atom stereocenters. The zero-order chi connectivity index (χ0) is 12.3. The molecule has 17 heavy (non-hydrogen) atoms. The normalized spacial score (nSPS) is 19.2. The molecule has 1 aromatic rings. The lowest BCUT2D eigenvalue weighted by molar-refractivity contribution is 0.110. The summed E-state index contributed by atoms with van der Waals surface area (Å²) >= 11 is 3.42. The maximum atomic E-state index is 13.3. The van der Waals surface area contributed by atoms with Gasteiger partial charge >= 0.3 is 0 Å². The van der Waals surface area contributed by atoms with Gasteiger partial charge in [0.1, 0.15) is 5.82 Å². The number of aliphatic hydroxyl groups excluding tert-OH is 1. The van der Waals surface area contributed by atoms with E-state index in [2.05, 4.69) is 26.1 Å². The van der Waals surface area contributed by atoms with Crippen molar-refractivity contribution in [3.63, 3.8) is 0 Å². The summed E-state index contributed by atoms with van der Waals surface area (Å²) in [5, 5.41) is 12.8. The van der Waals surface area contributed by atoms with Gasteiger partial charge in [-0.3, -0.25) is 4.90 Å². The van der Waals surface area contributed by atoms with Crippen LogP contribution < -0.4 is 5.32 Å². The number of rotatable bonds is 3. The summed E-state index contributed by atoms with van der Waals surface area (Å²) in [6.45, 7) is 3.55. The molecule has 0 aromatic heterocycles. The number of nitrogens with one attached hydrogen (secondary N) is 1. The van der Waals surface area contributed by atoms with Crippen molar-refractivity contribution in [3.05, 3.63) is 34.1 Å². The van der Waals surface area contributed by atoms with Gasteiger partial charge in [-0.2, -0.15) is 0 Å². The van der Waals surface area contributed by atoms with Crippen molar-refractivity contribution in [1.82, 2.24) is 10.2 Å². The molecule has 1 heterocycles. The topological polar surface area (TPSA) is 35.5 Å². The second kappa shape index (κ2) is 5.91. The fraction of sp³-hybridized carbons (Fsp3) is 0.500. The van der Waals surface area contributed by atoms with Crippen LogP contribution in [0.1, 0.15) is 11.6 Å². The maximum Gasteiger partial charge on any atom is 0.123 e. The number of piperazine rings is 1. The van der Waals surface area contributed by atoms with Crippen molar-refractivity contribution in [2.45, 2.75) is 6.04 Å². The van der Waals surface area contributed by atoms with E-state index < -0.39 is 0 Å². The van der Waals surface area contributed by atoms with Crippen molar-refractivity contribution < 1.29 is 9.50 Å². The van der Waals surface area contributed by atoms with Crippen LogP contribution in [0.15, 0.2) is 22.7 Å². The molecule has 0 spiro atoms. The first-order valence-corrected chi connectivity index (χ1v) is 6.52. The van der Waals surface area contributed by atoms with Gasteiger partial charge in [-0.25, -0.2) is 4.39 Å². The number of benzene rings is 1. The Bertz CT molecular complexity index is 383. The van der Waals surface area contributed by atoms with E-state index in [1.54, 1.807) is 6.07 Å². The van der Waals surface area contributed by atoms with Crippen LogP contribution in [0, 0.1) is 5.82 Å². The van der Waals surface area contributed by atoms with Gasteiger partial charge in [0, 0.05) is 30.7 Å². The molecule has 0 saturated carbocycles. The highest BCUT2D eigenvalue weighted by Crippen LogP contribution is 2.28. The highest BCUT2D eigenvalue weighted by atomic mass is 79.9. The van der Waals surface area contributed by atoms with Crippen molar-refractivity contribution in [2.24, 2.45) is 0 Å². The van der Waals surface area contributed by atoms with Gasteiger partial charge in [-0.15, -0.1) is 0 Å². The summed E-state index contributed by atoms with van der Waals surface area (Å²) in [5.41, 5.74) is 0.814. The van der Waals surface area contributed by atoms with Gasteiger partial charge in [0.25, 0.3) is 0 Å². The first-order chi connectivity index (χ1) is 8.22. The lowest BCUT2D eigenvalue weighted by Crippen LogP contribution is -2.46. The molecule has 94 valence electrons. The van der Waals surface area contributed by atoms with Crippen molar-refractivity contribution in [2.75, 3.05) is 32.8 Å². The summed E-state index contributed by atoms with van der Waals surface area (Å²) in [5.74, 6) is -0.267. The molecule has 2 rings (SSSR count). The van der Waals surface area contributed by atoms with Crippen LogP contribution in [0.25, 0.3) is 0 Å². The molecule has 1 atom stereocenters. The van der Waals surface area contributed by atoms with Gasteiger partial charge in [-0.05, 0) is 23.8 Å². The minimum absolute atomic E-state index is 0.00204. The van der Waals surface area contributed by atoms with E-state index in [4.69, 9.17) is 0 Å². The minimum atomic E-state index is -0.267. The van der Waals surface area contributed by atoms with Gasteiger partial charge in [0.15, 0.2) is 0 Å². The molecule has 1 fully saturated rings. The Morgan fingerprint density at radius 3 is 2.76 bits per heavy atom. The maximum absolute atomic E-state index is 13.3.